The third-order valence-corrected chi connectivity index (χ3v) is 4.57. The van der Waals surface area contributed by atoms with Crippen molar-refractivity contribution in [1.82, 2.24) is 9.55 Å². The van der Waals surface area contributed by atoms with Crippen molar-refractivity contribution in [3.05, 3.63) is 33.1 Å². The van der Waals surface area contributed by atoms with Crippen LogP contribution < -0.4 is 11.2 Å². The predicted octanol–water partition coefficient (Wildman–Crippen LogP) is 0.357. The van der Waals surface area contributed by atoms with Crippen LogP contribution in [-0.4, -0.2) is 48.0 Å². The van der Waals surface area contributed by atoms with E-state index in [0.717, 1.165) is 0 Å². The Bertz CT molecular complexity index is 647. The number of methoxy groups -OCH3 is 1. The van der Waals surface area contributed by atoms with Gasteiger partial charge < -0.3 is 23.4 Å². The van der Waals surface area contributed by atoms with Gasteiger partial charge in [0, 0.05) is 33.1 Å². The van der Waals surface area contributed by atoms with E-state index in [0.29, 0.717) is 13.0 Å². The van der Waals surface area contributed by atoms with Crippen LogP contribution in [0.3, 0.4) is 0 Å². The molecule has 1 aromatic heterocycles. The number of aromatic nitrogens is 2. The molecule has 2 N–H and O–H groups in total. The minimum atomic E-state index is -3.36. The first-order valence-corrected chi connectivity index (χ1v) is 9.42. The van der Waals surface area contributed by atoms with Crippen LogP contribution in [0.2, 0.25) is 0 Å². The van der Waals surface area contributed by atoms with Crippen molar-refractivity contribution >= 4 is 18.5 Å². The summed E-state index contributed by atoms with van der Waals surface area (Å²) in [6, 6.07) is 1.20. The first kappa shape index (κ1) is 20.2. The van der Waals surface area contributed by atoms with E-state index in [1.807, 2.05) is 6.92 Å². The van der Waals surface area contributed by atoms with Crippen molar-refractivity contribution in [2.24, 2.45) is 0 Å². The Balaban J connectivity index is 3.04. The van der Waals surface area contributed by atoms with E-state index in [-0.39, 0.29) is 6.61 Å². The van der Waals surface area contributed by atoms with Crippen molar-refractivity contribution in [3.8, 4) is 0 Å². The fourth-order valence-corrected chi connectivity index (χ4v) is 2.34. The molecule has 0 aliphatic heterocycles. The molecule has 23 heavy (non-hydrogen) atoms. The highest BCUT2D eigenvalue weighted by Gasteiger charge is 2.27. The second-order valence-corrected chi connectivity index (χ2v) is 7.44. The predicted molar refractivity (Wildman–Crippen MR) is 86.9 cm³/mol. The van der Waals surface area contributed by atoms with Gasteiger partial charge in [-0.3, -0.25) is 14.3 Å². The Labute approximate surface area is 138 Å². The van der Waals surface area contributed by atoms with Gasteiger partial charge in [0.05, 0.1) is 6.61 Å². The van der Waals surface area contributed by atoms with E-state index in [9.17, 15) is 14.5 Å². The minimum absolute atomic E-state index is 0.155. The number of hydrogen-bond acceptors (Lipinski definition) is 7. The quantitative estimate of drug-likeness (QED) is 0.569. The van der Waals surface area contributed by atoms with Gasteiger partial charge in [-0.2, -0.15) is 0 Å². The molecule has 3 atom stereocenters. The van der Waals surface area contributed by atoms with E-state index >= 15 is 0 Å². The van der Waals surface area contributed by atoms with Crippen molar-refractivity contribution in [1.29, 1.82) is 0 Å². The zero-order chi connectivity index (χ0) is 17.5. The van der Waals surface area contributed by atoms with Crippen LogP contribution in [0.4, 0.5) is 0 Å². The molecular formula is C12H21N2O7PS. The van der Waals surface area contributed by atoms with Gasteiger partial charge in [-0.05, 0) is 18.2 Å². The van der Waals surface area contributed by atoms with E-state index in [1.165, 1.54) is 31.0 Å². The van der Waals surface area contributed by atoms with Crippen molar-refractivity contribution in [2.45, 2.75) is 25.7 Å². The van der Waals surface area contributed by atoms with Crippen molar-refractivity contribution in [3.63, 3.8) is 0 Å². The summed E-state index contributed by atoms with van der Waals surface area (Å²) in [5, 5.41) is 0. The third kappa shape index (κ3) is 6.27. The van der Waals surface area contributed by atoms with Gasteiger partial charge in [0.1, 0.15) is 6.10 Å². The molecule has 0 radical (unpaired) electrons. The minimum Gasteiger partial charge on any atom is -0.374 e. The Morgan fingerprint density at radius 2 is 2.13 bits per heavy atom. The van der Waals surface area contributed by atoms with Crippen molar-refractivity contribution in [2.75, 3.05) is 27.4 Å². The molecule has 0 fully saturated rings. The summed E-state index contributed by atoms with van der Waals surface area (Å²) in [7, 11) is 2.64. The van der Waals surface area contributed by atoms with Gasteiger partial charge in [0.15, 0.2) is 6.23 Å². The molecule has 0 aliphatic carbocycles. The third-order valence-electron chi connectivity index (χ3n) is 2.87. The van der Waals surface area contributed by atoms with Crippen LogP contribution in [0.1, 0.15) is 19.6 Å². The fraction of sp³-hybridized carbons (Fsp3) is 0.667. The Hall–Kier alpha value is -0.870. The summed E-state index contributed by atoms with van der Waals surface area (Å²) >= 11 is 4.75. The number of ether oxygens (including phenoxy) is 2. The Morgan fingerprint density at radius 1 is 1.43 bits per heavy atom. The standard InChI is InChI=1S/C12H21N2O7PS/c1-4-7-20-11(14-6-5-10(15)13-12(14)16)9(18-2)8-21-22(17,23)19-3/h5-6,9,11H,4,7-8H2,1-3H3,(H,17,23)(H,13,15,16)/t9-,11+,22?/m0/s1. The van der Waals surface area contributed by atoms with Gasteiger partial charge in [-0.1, -0.05) is 6.92 Å². The molecule has 1 aromatic rings. The molecule has 0 amide bonds. The first-order valence-electron chi connectivity index (χ1n) is 6.83. The molecule has 9 nitrogen and oxygen atoms in total. The SMILES string of the molecule is CCCO[C@H]([C@H](COP(O)(=S)OC)OC)n1ccc(=O)[nH]c1=O. The van der Waals surface area contributed by atoms with E-state index in [2.05, 4.69) is 9.51 Å². The molecule has 0 aliphatic rings. The highest BCUT2D eigenvalue weighted by Crippen LogP contribution is 2.42. The zero-order valence-electron chi connectivity index (χ0n) is 13.1. The number of hydrogen-bond donors (Lipinski definition) is 2. The highest BCUT2D eigenvalue weighted by atomic mass is 32.5. The van der Waals surface area contributed by atoms with Crippen LogP contribution in [0, 0.1) is 0 Å². The van der Waals surface area contributed by atoms with Crippen LogP contribution >= 0.6 is 6.72 Å². The van der Waals surface area contributed by atoms with Gasteiger partial charge in [-0.15, -0.1) is 0 Å². The van der Waals surface area contributed by atoms with Gasteiger partial charge in [-0.25, -0.2) is 4.79 Å². The largest absolute Gasteiger partial charge is 0.374 e. The topological polar surface area (TPSA) is 112 Å². The molecule has 1 heterocycles. The lowest BCUT2D eigenvalue weighted by molar-refractivity contribution is -0.113. The maximum absolute atomic E-state index is 12.0. The zero-order valence-corrected chi connectivity index (χ0v) is 14.8. The Kier molecular flexibility index (Phi) is 8.27. The fourth-order valence-electron chi connectivity index (χ4n) is 1.72. The summed E-state index contributed by atoms with van der Waals surface area (Å²) in [6.07, 6.45) is 0.395. The summed E-state index contributed by atoms with van der Waals surface area (Å²) in [5.41, 5.74) is -1.16. The lowest BCUT2D eigenvalue weighted by Crippen LogP contribution is -2.40. The van der Waals surface area contributed by atoms with Crippen LogP contribution in [0.15, 0.2) is 21.9 Å². The van der Waals surface area contributed by atoms with E-state index < -0.39 is 30.3 Å². The number of nitrogens with zero attached hydrogens (tertiary/aromatic N) is 1. The molecule has 1 rings (SSSR count). The van der Waals surface area contributed by atoms with Crippen LogP contribution in [0.25, 0.3) is 0 Å². The van der Waals surface area contributed by atoms with Gasteiger partial charge in [0.2, 0.25) is 0 Å². The monoisotopic (exact) mass is 368 g/mol. The molecule has 0 saturated heterocycles. The smallest absolute Gasteiger partial charge is 0.330 e. The van der Waals surface area contributed by atoms with Crippen molar-refractivity contribution < 1.29 is 23.4 Å². The maximum atomic E-state index is 12.0. The lowest BCUT2D eigenvalue weighted by atomic mass is 10.3. The molecule has 0 bridgehead atoms. The van der Waals surface area contributed by atoms with Crippen LogP contribution in [-0.2, 0) is 30.3 Å². The number of rotatable bonds is 10. The number of aromatic amines is 1. The van der Waals surface area contributed by atoms with E-state index in [1.54, 1.807) is 0 Å². The average molecular weight is 368 g/mol. The highest BCUT2D eigenvalue weighted by molar-refractivity contribution is 8.07. The lowest BCUT2D eigenvalue weighted by Gasteiger charge is -2.28. The summed E-state index contributed by atoms with van der Waals surface area (Å²) < 4.78 is 21.9. The first-order chi connectivity index (χ1) is 10.8. The van der Waals surface area contributed by atoms with Gasteiger partial charge in [0.25, 0.3) is 5.56 Å². The molecule has 0 saturated carbocycles. The second kappa shape index (κ2) is 9.43. The maximum Gasteiger partial charge on any atom is 0.330 e. The molecule has 132 valence electrons. The average Bonchev–Trinajstić information content (AvgIpc) is 2.51. The molecule has 0 aromatic carbocycles. The number of nitrogens with one attached hydrogen (secondary N) is 1. The second-order valence-electron chi connectivity index (χ2n) is 4.50. The molecule has 0 spiro atoms. The molecular weight excluding hydrogens is 347 g/mol. The van der Waals surface area contributed by atoms with Crippen LogP contribution in [0.5, 0.6) is 0 Å². The summed E-state index contributed by atoms with van der Waals surface area (Å²) in [4.78, 5) is 35.0. The summed E-state index contributed by atoms with van der Waals surface area (Å²) in [6.45, 7) is -1.26. The molecule has 1 unspecified atom stereocenters. The number of H-pyrrole nitrogens is 1. The van der Waals surface area contributed by atoms with Gasteiger partial charge >= 0.3 is 12.4 Å². The Morgan fingerprint density at radius 3 is 2.65 bits per heavy atom. The normalized spacial score (nSPS) is 16.7. The molecule has 11 heteroatoms. The van der Waals surface area contributed by atoms with E-state index in [4.69, 9.17) is 25.8 Å². The summed E-state index contributed by atoms with van der Waals surface area (Å²) in [5.74, 6) is 0.